The summed E-state index contributed by atoms with van der Waals surface area (Å²) in [5.41, 5.74) is 1.28. The number of cyclic esters (lactones) is 1. The lowest BCUT2D eigenvalue weighted by atomic mass is 10.0. The number of hydrogen-bond donors (Lipinski definition) is 1. The van der Waals surface area contributed by atoms with Gasteiger partial charge in [-0.3, -0.25) is 19.2 Å². The maximum absolute atomic E-state index is 13.5. The minimum Gasteiger partial charge on any atom is -0.457 e. The average molecular weight is 531 g/mol. The van der Waals surface area contributed by atoms with Gasteiger partial charge in [0.05, 0.1) is 6.42 Å². The van der Waals surface area contributed by atoms with E-state index in [1.807, 2.05) is 84.9 Å². The lowest BCUT2D eigenvalue weighted by Gasteiger charge is -2.34. The second-order valence-electron chi connectivity index (χ2n) is 9.12. The molecule has 0 radical (unpaired) electrons. The van der Waals surface area contributed by atoms with Gasteiger partial charge in [-0.1, -0.05) is 60.7 Å². The Morgan fingerprint density at radius 3 is 1.92 bits per heavy atom. The summed E-state index contributed by atoms with van der Waals surface area (Å²) < 4.78 is 16.3. The second kappa shape index (κ2) is 11.0. The Balaban J connectivity index is 0.000000376. The van der Waals surface area contributed by atoms with Crippen molar-refractivity contribution in [3.8, 4) is 0 Å². The van der Waals surface area contributed by atoms with E-state index in [2.05, 4.69) is 5.32 Å². The number of nitrogens with one attached hydrogen (secondary N) is 1. The van der Waals surface area contributed by atoms with E-state index in [-0.39, 0.29) is 19.4 Å². The Morgan fingerprint density at radius 1 is 0.923 bits per heavy atom. The molecule has 4 aromatic rings. The van der Waals surface area contributed by atoms with Crippen molar-refractivity contribution in [3.05, 3.63) is 96.1 Å². The molecular formula is C29H26N2O8. The molecule has 200 valence electrons. The van der Waals surface area contributed by atoms with Crippen LogP contribution in [0.3, 0.4) is 0 Å². The fourth-order valence-corrected chi connectivity index (χ4v) is 4.48. The van der Waals surface area contributed by atoms with E-state index in [4.69, 9.17) is 18.7 Å². The van der Waals surface area contributed by atoms with Crippen molar-refractivity contribution in [2.24, 2.45) is 0 Å². The molecule has 2 aliphatic heterocycles. The SMILES string of the molecule is CC(=O)N[C@H]1CON(C2(C(=O)OC(c3ccccc3)c3ccccc3)CCC(=O)O2)C1=O.c1cc2ccc1o2. The number of rotatable bonds is 6. The summed E-state index contributed by atoms with van der Waals surface area (Å²) >= 11 is 0. The van der Waals surface area contributed by atoms with Gasteiger partial charge in [-0.05, 0) is 35.4 Å². The number of esters is 2. The molecule has 2 aromatic heterocycles. The highest BCUT2D eigenvalue weighted by molar-refractivity contribution is 5.94. The van der Waals surface area contributed by atoms with Gasteiger partial charge in [-0.15, -0.1) is 0 Å². The first kappa shape index (κ1) is 25.9. The summed E-state index contributed by atoms with van der Waals surface area (Å²) in [5.74, 6) is -2.71. The Bertz CT molecular complexity index is 1370. The quantitative estimate of drug-likeness (QED) is 0.376. The van der Waals surface area contributed by atoms with Gasteiger partial charge in [0.25, 0.3) is 5.91 Å². The van der Waals surface area contributed by atoms with Crippen LogP contribution >= 0.6 is 0 Å². The lowest BCUT2D eigenvalue weighted by molar-refractivity contribution is -0.260. The zero-order valence-corrected chi connectivity index (χ0v) is 21.1. The molecule has 2 aromatic carbocycles. The van der Waals surface area contributed by atoms with Gasteiger partial charge in [0.1, 0.15) is 23.8 Å². The zero-order chi connectivity index (χ0) is 27.4. The van der Waals surface area contributed by atoms with E-state index in [0.29, 0.717) is 11.1 Å². The monoisotopic (exact) mass is 530 g/mol. The largest absolute Gasteiger partial charge is 0.457 e. The standard InChI is InChI=1S/C23H22N2O7.C6H4O/c1-15(26)24-18-14-30-25(21(18)28)23(13-12-19(27)32-23)22(29)31-20(16-8-4-2-5-9-16)17-10-6-3-7-11-17;1-2-6-4-3-5(1)7-6/h2-11,18,20H,12-14H2,1H3,(H,24,26);1-4H/t18-,23?;/m0./s1. The molecule has 2 atom stereocenters. The zero-order valence-electron chi connectivity index (χ0n) is 21.1. The minimum absolute atomic E-state index is 0.0889. The van der Waals surface area contributed by atoms with Crippen molar-refractivity contribution in [3.63, 3.8) is 0 Å². The van der Waals surface area contributed by atoms with Crippen molar-refractivity contribution in [2.45, 2.75) is 37.6 Å². The molecule has 4 heterocycles. The summed E-state index contributed by atoms with van der Waals surface area (Å²) in [4.78, 5) is 55.1. The summed E-state index contributed by atoms with van der Waals surface area (Å²) in [5, 5.41) is 3.19. The van der Waals surface area contributed by atoms with E-state index in [1.165, 1.54) is 6.92 Å². The fraction of sp³-hybridized carbons (Fsp3) is 0.241. The van der Waals surface area contributed by atoms with E-state index in [0.717, 1.165) is 16.2 Å². The number of hydroxylamine groups is 2. The molecule has 6 rings (SSSR count). The van der Waals surface area contributed by atoms with Crippen LogP contribution in [0.2, 0.25) is 0 Å². The van der Waals surface area contributed by atoms with Gasteiger partial charge >= 0.3 is 17.7 Å². The molecule has 10 heteroatoms. The van der Waals surface area contributed by atoms with E-state index >= 15 is 0 Å². The smallest absolute Gasteiger partial charge is 0.376 e. The molecule has 2 saturated heterocycles. The third kappa shape index (κ3) is 5.46. The molecule has 2 bridgehead atoms. The van der Waals surface area contributed by atoms with Gasteiger partial charge in [0, 0.05) is 13.3 Å². The number of carbonyl (C=O) groups excluding carboxylic acids is 4. The molecule has 2 aliphatic rings. The number of hydrogen-bond acceptors (Lipinski definition) is 8. The number of ether oxygens (including phenoxy) is 2. The molecule has 2 fully saturated rings. The normalized spacial score (nSPS) is 20.6. The predicted octanol–water partition coefficient (Wildman–Crippen LogP) is 3.50. The van der Waals surface area contributed by atoms with Crippen LogP contribution in [0.1, 0.15) is 37.0 Å². The van der Waals surface area contributed by atoms with Crippen molar-refractivity contribution in [1.82, 2.24) is 10.4 Å². The Hall–Kier alpha value is -4.70. The summed E-state index contributed by atoms with van der Waals surface area (Å²) in [6.45, 7) is 1.08. The maximum atomic E-state index is 13.5. The molecule has 1 unspecified atom stereocenters. The minimum atomic E-state index is -2.07. The summed E-state index contributed by atoms with van der Waals surface area (Å²) in [6, 6.07) is 25.0. The third-order valence-corrected chi connectivity index (χ3v) is 6.33. The topological polar surface area (TPSA) is 124 Å². The summed E-state index contributed by atoms with van der Waals surface area (Å²) in [7, 11) is 0. The van der Waals surface area contributed by atoms with E-state index in [9.17, 15) is 19.2 Å². The number of nitrogens with zero attached hydrogens (tertiary/aromatic N) is 1. The molecule has 0 aliphatic carbocycles. The molecule has 10 nitrogen and oxygen atoms in total. The van der Waals surface area contributed by atoms with E-state index in [1.54, 1.807) is 0 Å². The van der Waals surface area contributed by atoms with Crippen LogP contribution < -0.4 is 5.32 Å². The van der Waals surface area contributed by atoms with Crippen LogP contribution in [0.15, 0.2) is 89.3 Å². The molecule has 0 saturated carbocycles. The van der Waals surface area contributed by atoms with Crippen LogP contribution in [0, 0.1) is 0 Å². The van der Waals surface area contributed by atoms with Gasteiger partial charge in [-0.2, -0.15) is 5.06 Å². The number of amides is 2. The van der Waals surface area contributed by atoms with Crippen molar-refractivity contribution in [2.75, 3.05) is 6.61 Å². The molecule has 0 spiro atoms. The molecule has 39 heavy (non-hydrogen) atoms. The van der Waals surface area contributed by atoms with Crippen LogP contribution in [0.25, 0.3) is 11.2 Å². The van der Waals surface area contributed by atoms with Gasteiger partial charge in [0.2, 0.25) is 5.91 Å². The summed E-state index contributed by atoms with van der Waals surface area (Å²) in [6.07, 6.45) is -1.02. The number of fused-ring (bicyclic) bond motifs is 2. The van der Waals surface area contributed by atoms with Crippen LogP contribution in [-0.4, -0.2) is 47.2 Å². The second-order valence-corrected chi connectivity index (χ2v) is 9.12. The fourth-order valence-electron chi connectivity index (χ4n) is 4.48. The van der Waals surface area contributed by atoms with Crippen molar-refractivity contribution < 1.29 is 37.9 Å². The predicted molar refractivity (Wildman–Crippen MR) is 137 cm³/mol. The van der Waals surface area contributed by atoms with Crippen LogP contribution in [0.4, 0.5) is 0 Å². The first-order valence-electron chi connectivity index (χ1n) is 12.4. The van der Waals surface area contributed by atoms with Gasteiger partial charge in [0.15, 0.2) is 6.10 Å². The highest BCUT2D eigenvalue weighted by Gasteiger charge is 2.60. The van der Waals surface area contributed by atoms with E-state index < -0.39 is 41.6 Å². The lowest BCUT2D eigenvalue weighted by Crippen LogP contribution is -2.57. The number of furan rings is 2. The first-order chi connectivity index (χ1) is 18.9. The Labute approximate surface area is 223 Å². The van der Waals surface area contributed by atoms with Gasteiger partial charge in [-0.25, -0.2) is 4.79 Å². The third-order valence-electron chi connectivity index (χ3n) is 6.33. The first-order valence-corrected chi connectivity index (χ1v) is 12.4. The van der Waals surface area contributed by atoms with Crippen LogP contribution in [0.5, 0.6) is 0 Å². The average Bonchev–Trinajstić information content (AvgIpc) is 3.75. The Morgan fingerprint density at radius 2 is 1.49 bits per heavy atom. The Kier molecular flexibility index (Phi) is 7.29. The van der Waals surface area contributed by atoms with Gasteiger partial charge < -0.3 is 19.2 Å². The van der Waals surface area contributed by atoms with Crippen molar-refractivity contribution >= 4 is 34.9 Å². The van der Waals surface area contributed by atoms with Crippen LogP contribution in [-0.2, 0) is 33.5 Å². The number of benzene rings is 3. The highest BCUT2D eigenvalue weighted by atomic mass is 16.8. The van der Waals surface area contributed by atoms with Crippen molar-refractivity contribution in [1.29, 1.82) is 0 Å². The molecular weight excluding hydrogens is 504 g/mol. The maximum Gasteiger partial charge on any atom is 0.376 e. The molecule has 1 N–H and O–H groups in total. The molecule has 2 amide bonds. The highest BCUT2D eigenvalue weighted by Crippen LogP contribution is 2.37. The number of carbonyl (C=O) groups is 4.